The Hall–Kier alpha value is -1.10. The number of ether oxygens (including phenoxy) is 2. The highest BCUT2D eigenvalue weighted by atomic mass is 16.5. The van der Waals surface area contributed by atoms with Crippen LogP contribution in [-0.2, 0) is 16.1 Å². The summed E-state index contributed by atoms with van der Waals surface area (Å²) in [5, 5.41) is 13.0. The van der Waals surface area contributed by atoms with Gasteiger partial charge >= 0.3 is 0 Å². The Bertz CT molecular complexity index is 344. The second-order valence-electron chi connectivity index (χ2n) is 4.60. The molecule has 4 heteroatoms. The van der Waals surface area contributed by atoms with Crippen LogP contribution in [0, 0.1) is 0 Å². The lowest BCUT2D eigenvalue weighted by atomic mass is 10.2. The summed E-state index contributed by atoms with van der Waals surface area (Å²) in [5.74, 6) is 0. The average Bonchev–Trinajstić information content (AvgIpc) is 2.42. The van der Waals surface area contributed by atoms with Crippen molar-refractivity contribution in [1.29, 1.82) is 0 Å². The van der Waals surface area contributed by atoms with Crippen molar-refractivity contribution in [3.8, 4) is 0 Å². The molecule has 0 aliphatic rings. The van der Waals surface area contributed by atoms with Gasteiger partial charge in [-0.2, -0.15) is 0 Å². The van der Waals surface area contributed by atoms with Gasteiger partial charge in [-0.3, -0.25) is 0 Å². The summed E-state index contributed by atoms with van der Waals surface area (Å²) in [6, 6.07) is 7.98. The van der Waals surface area contributed by atoms with E-state index in [2.05, 4.69) is 12.2 Å². The summed E-state index contributed by atoms with van der Waals surface area (Å²) in [6.45, 7) is 4.30. The van der Waals surface area contributed by atoms with E-state index < -0.39 is 6.10 Å². The van der Waals surface area contributed by atoms with Crippen LogP contribution < -0.4 is 5.32 Å². The Balaban J connectivity index is 2.25. The molecule has 4 nitrogen and oxygen atoms in total. The van der Waals surface area contributed by atoms with Crippen LogP contribution in [0.4, 0.5) is 5.69 Å². The minimum Gasteiger partial charge on any atom is -0.389 e. The molecule has 0 spiro atoms. The lowest BCUT2D eigenvalue weighted by Crippen LogP contribution is -2.25. The van der Waals surface area contributed by atoms with Crippen LogP contribution in [0.25, 0.3) is 0 Å². The molecule has 108 valence electrons. The van der Waals surface area contributed by atoms with Crippen molar-refractivity contribution in [2.24, 2.45) is 0 Å². The van der Waals surface area contributed by atoms with Gasteiger partial charge < -0.3 is 19.9 Å². The van der Waals surface area contributed by atoms with E-state index in [0.717, 1.165) is 30.7 Å². The smallest absolute Gasteiger partial charge is 0.0945 e. The maximum Gasteiger partial charge on any atom is 0.0945 e. The molecule has 0 saturated heterocycles. The Morgan fingerprint density at radius 1 is 1.37 bits per heavy atom. The fourth-order valence-electron chi connectivity index (χ4n) is 1.70. The number of aliphatic hydroxyl groups is 1. The van der Waals surface area contributed by atoms with Crippen LogP contribution in [0.5, 0.6) is 0 Å². The highest BCUT2D eigenvalue weighted by Crippen LogP contribution is 2.11. The van der Waals surface area contributed by atoms with E-state index in [1.807, 2.05) is 24.3 Å². The minimum absolute atomic E-state index is 0.380. The third-order valence-corrected chi connectivity index (χ3v) is 2.73. The van der Waals surface area contributed by atoms with Crippen LogP contribution in [-0.4, -0.2) is 38.1 Å². The number of hydrogen-bond acceptors (Lipinski definition) is 4. The van der Waals surface area contributed by atoms with Crippen molar-refractivity contribution in [3.63, 3.8) is 0 Å². The van der Waals surface area contributed by atoms with E-state index in [1.165, 1.54) is 0 Å². The van der Waals surface area contributed by atoms with Gasteiger partial charge in [-0.15, -0.1) is 0 Å². The van der Waals surface area contributed by atoms with Crippen LogP contribution in [0.1, 0.15) is 25.3 Å². The third kappa shape index (κ3) is 7.15. The molecule has 1 rings (SSSR count). The van der Waals surface area contributed by atoms with Gasteiger partial charge in [0, 0.05) is 25.9 Å². The number of nitrogens with one attached hydrogen (secondary N) is 1. The van der Waals surface area contributed by atoms with E-state index in [1.54, 1.807) is 7.11 Å². The zero-order chi connectivity index (χ0) is 13.9. The fraction of sp³-hybridized carbons (Fsp3) is 0.600. The molecule has 0 amide bonds. The quantitative estimate of drug-likeness (QED) is 0.639. The number of hydrogen-bond donors (Lipinski definition) is 2. The van der Waals surface area contributed by atoms with E-state index in [-0.39, 0.29) is 0 Å². The monoisotopic (exact) mass is 267 g/mol. The maximum atomic E-state index is 9.77. The predicted octanol–water partition coefficient (Wildman–Crippen LogP) is 2.42. The minimum atomic E-state index is -0.483. The van der Waals surface area contributed by atoms with Crippen molar-refractivity contribution in [3.05, 3.63) is 29.8 Å². The summed E-state index contributed by atoms with van der Waals surface area (Å²) in [6.07, 6.45) is 1.67. The molecule has 0 aliphatic heterocycles. The van der Waals surface area contributed by atoms with Crippen LogP contribution in [0.15, 0.2) is 24.3 Å². The fourth-order valence-corrected chi connectivity index (χ4v) is 1.70. The summed E-state index contributed by atoms with van der Waals surface area (Å²) >= 11 is 0. The van der Waals surface area contributed by atoms with Gasteiger partial charge in [0.1, 0.15) is 0 Å². The molecule has 1 unspecified atom stereocenters. The number of aliphatic hydroxyl groups excluding tert-OH is 1. The standard InChI is InChI=1S/C15H25NO3/c1-3-4-8-19-12-15(17)10-16-14-7-5-6-13(9-14)11-18-2/h5-7,9,15-17H,3-4,8,10-12H2,1-2H3. The van der Waals surface area contributed by atoms with Gasteiger partial charge in [-0.25, -0.2) is 0 Å². The zero-order valence-electron chi connectivity index (χ0n) is 11.9. The lowest BCUT2D eigenvalue weighted by Gasteiger charge is -2.13. The molecule has 0 aromatic heterocycles. The van der Waals surface area contributed by atoms with Crippen LogP contribution >= 0.6 is 0 Å². The topological polar surface area (TPSA) is 50.7 Å². The van der Waals surface area contributed by atoms with Crippen molar-refractivity contribution < 1.29 is 14.6 Å². The summed E-state index contributed by atoms with van der Waals surface area (Å²) in [5.41, 5.74) is 2.10. The zero-order valence-corrected chi connectivity index (χ0v) is 11.9. The molecule has 0 saturated carbocycles. The second kappa shape index (κ2) is 9.78. The lowest BCUT2D eigenvalue weighted by molar-refractivity contribution is 0.0422. The van der Waals surface area contributed by atoms with Gasteiger partial charge in [-0.1, -0.05) is 25.5 Å². The molecule has 0 aliphatic carbocycles. The van der Waals surface area contributed by atoms with E-state index in [0.29, 0.717) is 19.8 Å². The van der Waals surface area contributed by atoms with Crippen LogP contribution in [0.3, 0.4) is 0 Å². The Kier molecular flexibility index (Phi) is 8.21. The second-order valence-corrected chi connectivity index (χ2v) is 4.60. The maximum absolute atomic E-state index is 9.77. The highest BCUT2D eigenvalue weighted by Gasteiger charge is 2.04. The van der Waals surface area contributed by atoms with Crippen molar-refractivity contribution >= 4 is 5.69 Å². The normalized spacial score (nSPS) is 12.4. The Morgan fingerprint density at radius 3 is 2.95 bits per heavy atom. The van der Waals surface area contributed by atoms with E-state index in [4.69, 9.17) is 9.47 Å². The van der Waals surface area contributed by atoms with E-state index in [9.17, 15) is 5.11 Å². The van der Waals surface area contributed by atoms with Crippen LogP contribution in [0.2, 0.25) is 0 Å². The molecule has 1 aromatic carbocycles. The number of anilines is 1. The van der Waals surface area contributed by atoms with Gasteiger partial charge in [0.25, 0.3) is 0 Å². The molecule has 0 bridgehead atoms. The molecular formula is C15H25NO3. The Labute approximate surface area is 115 Å². The molecule has 0 fully saturated rings. The van der Waals surface area contributed by atoms with Gasteiger partial charge in [0.05, 0.1) is 19.3 Å². The summed E-state index contributed by atoms with van der Waals surface area (Å²) in [7, 11) is 1.68. The predicted molar refractivity (Wildman–Crippen MR) is 77.4 cm³/mol. The SMILES string of the molecule is CCCCOCC(O)CNc1cccc(COC)c1. The molecule has 1 atom stereocenters. The first-order valence-electron chi connectivity index (χ1n) is 6.83. The highest BCUT2D eigenvalue weighted by molar-refractivity contribution is 5.45. The van der Waals surface area contributed by atoms with Crippen molar-refractivity contribution in [2.45, 2.75) is 32.5 Å². The van der Waals surface area contributed by atoms with Crippen molar-refractivity contribution in [2.75, 3.05) is 32.2 Å². The third-order valence-electron chi connectivity index (χ3n) is 2.73. The summed E-state index contributed by atoms with van der Waals surface area (Å²) < 4.78 is 10.5. The van der Waals surface area contributed by atoms with E-state index >= 15 is 0 Å². The molecule has 0 radical (unpaired) electrons. The average molecular weight is 267 g/mol. The summed E-state index contributed by atoms with van der Waals surface area (Å²) in [4.78, 5) is 0. The number of rotatable bonds is 10. The molecular weight excluding hydrogens is 242 g/mol. The van der Waals surface area contributed by atoms with Gasteiger partial charge in [-0.05, 0) is 24.1 Å². The van der Waals surface area contributed by atoms with Gasteiger partial charge in [0.15, 0.2) is 0 Å². The van der Waals surface area contributed by atoms with Gasteiger partial charge in [0.2, 0.25) is 0 Å². The molecule has 1 aromatic rings. The first-order valence-corrected chi connectivity index (χ1v) is 6.83. The molecule has 19 heavy (non-hydrogen) atoms. The number of unbranched alkanes of at least 4 members (excludes halogenated alkanes) is 1. The number of benzene rings is 1. The molecule has 0 heterocycles. The first-order chi connectivity index (χ1) is 9.26. The first kappa shape index (κ1) is 16.0. The largest absolute Gasteiger partial charge is 0.389 e. The number of methoxy groups -OCH3 is 1. The Morgan fingerprint density at radius 2 is 2.21 bits per heavy atom. The molecule has 2 N–H and O–H groups in total. The van der Waals surface area contributed by atoms with Crippen molar-refractivity contribution in [1.82, 2.24) is 0 Å².